The maximum Gasteiger partial charge on any atom is 0.404 e. The Balaban J connectivity index is 2.40. The Kier molecular flexibility index (Phi) is 5.18. The van der Waals surface area contributed by atoms with Crippen LogP contribution in [0.2, 0.25) is 0 Å². The van der Waals surface area contributed by atoms with E-state index in [1.165, 1.54) is 19.2 Å². The fraction of sp³-hybridized carbons (Fsp3) is 0.125. The quantitative estimate of drug-likeness (QED) is 0.526. The molecule has 0 heterocycles. The van der Waals surface area contributed by atoms with E-state index in [9.17, 15) is 22.4 Å². The summed E-state index contributed by atoms with van der Waals surface area (Å²) in [6.45, 7) is -0.274. The van der Waals surface area contributed by atoms with Gasteiger partial charge in [0, 0.05) is 23.7 Å². The molecule has 0 aliphatic carbocycles. The molecule has 1 amide bonds. The first-order chi connectivity index (χ1) is 11.3. The number of primary amides is 1. The number of carbonyl (C=O) groups excluding carboxylic acids is 1. The molecule has 2 aromatic carbocycles. The summed E-state index contributed by atoms with van der Waals surface area (Å²) in [6.07, 6.45) is -1.02. The van der Waals surface area contributed by atoms with Crippen molar-refractivity contribution in [1.29, 1.82) is 0 Å². The molecule has 8 heteroatoms. The van der Waals surface area contributed by atoms with E-state index in [2.05, 4.69) is 9.73 Å². The molecule has 0 fully saturated rings. The van der Waals surface area contributed by atoms with Gasteiger partial charge in [0.05, 0.1) is 5.71 Å². The lowest BCUT2D eigenvalue weighted by Crippen LogP contribution is -2.19. The topological polar surface area (TPSA) is 64.7 Å². The molecule has 4 nitrogen and oxygen atoms in total. The molecule has 0 atom stereocenters. The molecule has 126 valence electrons. The van der Waals surface area contributed by atoms with Gasteiger partial charge in [-0.15, -0.1) is 0 Å². The lowest BCUT2D eigenvalue weighted by atomic mass is 10.0. The molecule has 2 N–H and O–H groups in total. The van der Waals surface area contributed by atoms with Crippen LogP contribution in [-0.2, 0) is 4.74 Å². The predicted molar refractivity (Wildman–Crippen MR) is 79.7 cm³/mol. The number of amides is 1. The van der Waals surface area contributed by atoms with E-state index in [1.54, 1.807) is 0 Å². The second-order valence-corrected chi connectivity index (χ2v) is 4.70. The molecule has 0 aliphatic heterocycles. The monoisotopic (exact) mass is 340 g/mol. The Hall–Kier alpha value is -2.90. The first-order valence-corrected chi connectivity index (χ1v) is 6.66. The molecule has 0 aromatic heterocycles. The van der Waals surface area contributed by atoms with Gasteiger partial charge in [0.2, 0.25) is 0 Å². The molecule has 0 saturated carbocycles. The van der Waals surface area contributed by atoms with Gasteiger partial charge in [-0.25, -0.2) is 22.4 Å². The van der Waals surface area contributed by atoms with Crippen LogP contribution in [0.4, 0.5) is 22.4 Å². The molecule has 0 aliphatic rings. The van der Waals surface area contributed by atoms with Gasteiger partial charge < -0.3 is 10.5 Å². The summed E-state index contributed by atoms with van der Waals surface area (Å²) < 4.78 is 58.9. The number of hydrogen-bond donors (Lipinski definition) is 1. The molecule has 0 spiro atoms. The largest absolute Gasteiger partial charge is 0.443 e. The smallest absolute Gasteiger partial charge is 0.404 e. The zero-order chi connectivity index (χ0) is 17.9. The van der Waals surface area contributed by atoms with Crippen molar-refractivity contribution in [2.75, 3.05) is 13.7 Å². The Bertz CT molecular complexity index is 822. The third kappa shape index (κ3) is 3.53. The summed E-state index contributed by atoms with van der Waals surface area (Å²) in [5, 5.41) is 0. The Morgan fingerprint density at radius 2 is 1.71 bits per heavy atom. The van der Waals surface area contributed by atoms with Gasteiger partial charge >= 0.3 is 6.09 Å². The van der Waals surface area contributed by atoms with Crippen LogP contribution in [0.25, 0.3) is 11.1 Å². The average molecular weight is 340 g/mol. The highest BCUT2D eigenvalue weighted by atomic mass is 19.2. The van der Waals surface area contributed by atoms with Gasteiger partial charge in [-0.05, 0) is 18.2 Å². The number of nitrogens with two attached hydrogens (primary N) is 1. The number of nitrogens with zero attached hydrogens (tertiary/aromatic N) is 1. The van der Waals surface area contributed by atoms with Gasteiger partial charge in [-0.3, -0.25) is 4.99 Å². The molecular weight excluding hydrogens is 328 g/mol. The van der Waals surface area contributed by atoms with Crippen molar-refractivity contribution in [3.8, 4) is 11.1 Å². The van der Waals surface area contributed by atoms with Crippen LogP contribution >= 0.6 is 0 Å². The maximum atomic E-state index is 14.3. The fourth-order valence-corrected chi connectivity index (χ4v) is 2.06. The Morgan fingerprint density at radius 1 is 1.04 bits per heavy atom. The van der Waals surface area contributed by atoms with E-state index in [-0.39, 0.29) is 23.4 Å². The summed E-state index contributed by atoms with van der Waals surface area (Å²) in [4.78, 5) is 14.5. The van der Waals surface area contributed by atoms with Crippen LogP contribution in [0.1, 0.15) is 5.56 Å². The number of ether oxygens (including phenoxy) is 1. The van der Waals surface area contributed by atoms with E-state index in [4.69, 9.17) is 5.73 Å². The highest BCUT2D eigenvalue weighted by Crippen LogP contribution is 2.28. The van der Waals surface area contributed by atoms with Crippen molar-refractivity contribution in [2.24, 2.45) is 10.7 Å². The van der Waals surface area contributed by atoms with Crippen LogP contribution in [0.3, 0.4) is 0 Å². The van der Waals surface area contributed by atoms with E-state index < -0.39 is 34.9 Å². The molecule has 0 saturated heterocycles. The Labute approximate surface area is 134 Å². The first kappa shape index (κ1) is 17.5. The van der Waals surface area contributed by atoms with Crippen molar-refractivity contribution in [3.05, 3.63) is 59.2 Å². The van der Waals surface area contributed by atoms with Crippen molar-refractivity contribution in [1.82, 2.24) is 0 Å². The molecule has 2 rings (SSSR count). The third-order valence-electron chi connectivity index (χ3n) is 3.25. The number of hydrogen-bond acceptors (Lipinski definition) is 3. The number of aliphatic imine (C=N–C) groups is 1. The van der Waals surface area contributed by atoms with Crippen LogP contribution in [0.5, 0.6) is 0 Å². The molecule has 0 bridgehead atoms. The molecule has 2 aromatic rings. The SMILES string of the molecule is CN=C(COC(N)=O)c1ccc(-c2ccc(F)c(F)c2F)c(F)c1. The number of rotatable bonds is 4. The third-order valence-corrected chi connectivity index (χ3v) is 3.25. The first-order valence-electron chi connectivity index (χ1n) is 6.66. The zero-order valence-electron chi connectivity index (χ0n) is 12.4. The van der Waals surface area contributed by atoms with Crippen LogP contribution in [-0.4, -0.2) is 25.5 Å². The molecular formula is C16H12F4N2O2. The van der Waals surface area contributed by atoms with Gasteiger partial charge in [0.15, 0.2) is 17.5 Å². The van der Waals surface area contributed by atoms with Crippen molar-refractivity contribution in [2.45, 2.75) is 0 Å². The highest BCUT2D eigenvalue weighted by Gasteiger charge is 2.18. The lowest BCUT2D eigenvalue weighted by Gasteiger charge is -2.10. The normalized spacial score (nSPS) is 11.5. The molecule has 0 unspecified atom stereocenters. The minimum atomic E-state index is -1.68. The molecule has 24 heavy (non-hydrogen) atoms. The second kappa shape index (κ2) is 7.12. The Morgan fingerprint density at radius 3 is 2.29 bits per heavy atom. The average Bonchev–Trinajstić information content (AvgIpc) is 2.54. The second-order valence-electron chi connectivity index (χ2n) is 4.70. The van der Waals surface area contributed by atoms with Crippen LogP contribution in [0, 0.1) is 23.3 Å². The van der Waals surface area contributed by atoms with Crippen molar-refractivity contribution >= 4 is 11.8 Å². The zero-order valence-corrected chi connectivity index (χ0v) is 12.4. The summed E-state index contributed by atoms with van der Waals surface area (Å²) in [5.74, 6) is -5.40. The summed E-state index contributed by atoms with van der Waals surface area (Å²) in [5.41, 5.74) is 4.68. The molecule has 0 radical (unpaired) electrons. The van der Waals surface area contributed by atoms with E-state index in [1.807, 2.05) is 0 Å². The highest BCUT2D eigenvalue weighted by molar-refractivity contribution is 6.02. The van der Waals surface area contributed by atoms with Crippen molar-refractivity contribution in [3.63, 3.8) is 0 Å². The van der Waals surface area contributed by atoms with Gasteiger partial charge in [0.25, 0.3) is 0 Å². The van der Waals surface area contributed by atoms with E-state index in [0.717, 1.165) is 12.1 Å². The standard InChI is InChI=1S/C16H12F4N2O2/c1-22-13(7-24-16(21)23)8-2-3-9(12(18)6-8)10-4-5-11(17)15(20)14(10)19/h2-6H,7H2,1H3,(H2,21,23). The maximum absolute atomic E-state index is 14.3. The number of carbonyl (C=O) groups is 1. The number of benzene rings is 2. The summed E-state index contributed by atoms with van der Waals surface area (Å²) in [7, 11) is 1.40. The van der Waals surface area contributed by atoms with Gasteiger partial charge in [0.1, 0.15) is 12.4 Å². The fourth-order valence-electron chi connectivity index (χ4n) is 2.06. The minimum absolute atomic E-state index is 0.227. The van der Waals surface area contributed by atoms with Crippen LogP contribution < -0.4 is 5.73 Å². The lowest BCUT2D eigenvalue weighted by molar-refractivity contribution is 0.173. The summed E-state index contributed by atoms with van der Waals surface area (Å²) in [6, 6.07) is 5.24. The number of halogens is 4. The minimum Gasteiger partial charge on any atom is -0.443 e. The predicted octanol–water partition coefficient (Wildman–Crippen LogP) is 3.42. The van der Waals surface area contributed by atoms with E-state index >= 15 is 0 Å². The van der Waals surface area contributed by atoms with Gasteiger partial charge in [-0.1, -0.05) is 12.1 Å². The van der Waals surface area contributed by atoms with Gasteiger partial charge in [-0.2, -0.15) is 0 Å². The summed E-state index contributed by atoms with van der Waals surface area (Å²) >= 11 is 0. The van der Waals surface area contributed by atoms with E-state index in [0.29, 0.717) is 6.07 Å². The van der Waals surface area contributed by atoms with Crippen molar-refractivity contribution < 1.29 is 27.1 Å². The van der Waals surface area contributed by atoms with Crippen LogP contribution in [0.15, 0.2) is 35.3 Å².